The Bertz CT molecular complexity index is 2500. The Balaban J connectivity index is 1.37. The lowest BCUT2D eigenvalue weighted by molar-refractivity contribution is 1.18. The molecule has 9 aromatic rings. The fourth-order valence-corrected chi connectivity index (χ4v) is 12.8. The van der Waals surface area contributed by atoms with E-state index in [0.29, 0.717) is 0 Å². The van der Waals surface area contributed by atoms with Crippen LogP contribution in [0.4, 0.5) is 17.1 Å². The summed E-state index contributed by atoms with van der Waals surface area (Å²) in [7, 11) is -2.74. The van der Waals surface area contributed by atoms with E-state index in [1.54, 1.807) is 0 Å². The van der Waals surface area contributed by atoms with Crippen LogP contribution >= 0.6 is 0 Å². The molecule has 0 unspecified atom stereocenters. The first-order valence-electron chi connectivity index (χ1n) is 17.9. The van der Waals surface area contributed by atoms with E-state index >= 15 is 0 Å². The Labute approximate surface area is 306 Å². The molecule has 0 N–H and O–H groups in total. The van der Waals surface area contributed by atoms with Gasteiger partial charge in [0.1, 0.15) is 0 Å². The van der Waals surface area contributed by atoms with E-state index in [9.17, 15) is 0 Å². The van der Waals surface area contributed by atoms with Gasteiger partial charge in [0.05, 0.1) is 11.0 Å². The Morgan fingerprint density at radius 1 is 0.365 bits per heavy atom. The van der Waals surface area contributed by atoms with Crippen molar-refractivity contribution in [2.75, 3.05) is 4.90 Å². The van der Waals surface area contributed by atoms with Crippen molar-refractivity contribution in [3.8, 4) is 5.69 Å². The first-order valence-corrected chi connectivity index (χ1v) is 19.9. The number of hydrogen-bond acceptors (Lipinski definition) is 1. The fourth-order valence-electron chi connectivity index (χ4n) is 8.02. The van der Waals surface area contributed by atoms with Gasteiger partial charge in [-0.1, -0.05) is 157 Å². The Kier molecular flexibility index (Phi) is 8.11. The molecule has 52 heavy (non-hydrogen) atoms. The molecule has 248 valence electrons. The Hall–Kier alpha value is -6.42. The zero-order valence-electron chi connectivity index (χ0n) is 29.1. The van der Waals surface area contributed by atoms with Crippen LogP contribution in [0.25, 0.3) is 27.5 Å². The second-order valence-electron chi connectivity index (χ2n) is 13.5. The lowest BCUT2D eigenvalue weighted by Gasteiger charge is -2.34. The van der Waals surface area contributed by atoms with Crippen LogP contribution < -0.4 is 25.6 Å². The number of para-hydroxylation sites is 2. The second-order valence-corrected chi connectivity index (χ2v) is 17.3. The smallest absolute Gasteiger partial charge is 0.179 e. The van der Waals surface area contributed by atoms with Crippen LogP contribution in [0.3, 0.4) is 0 Å². The second kappa shape index (κ2) is 13.4. The van der Waals surface area contributed by atoms with E-state index in [-0.39, 0.29) is 0 Å². The maximum Gasteiger partial charge on any atom is 0.179 e. The molecule has 0 amide bonds. The third kappa shape index (κ3) is 5.34. The molecule has 0 bridgehead atoms. The first-order chi connectivity index (χ1) is 25.7. The highest BCUT2D eigenvalue weighted by Gasteiger charge is 2.41. The third-order valence-electron chi connectivity index (χ3n) is 10.4. The van der Waals surface area contributed by atoms with Crippen molar-refractivity contribution < 1.29 is 0 Å². The van der Waals surface area contributed by atoms with Crippen molar-refractivity contribution in [3.05, 3.63) is 218 Å². The van der Waals surface area contributed by atoms with Crippen molar-refractivity contribution in [3.63, 3.8) is 0 Å². The summed E-state index contributed by atoms with van der Waals surface area (Å²) in [5, 5.41) is 7.94. The van der Waals surface area contributed by atoms with E-state index in [1.165, 1.54) is 48.1 Å². The van der Waals surface area contributed by atoms with E-state index in [4.69, 9.17) is 0 Å². The number of fused-ring (bicyclic) bond motifs is 3. The number of benzene rings is 8. The molecule has 0 atom stereocenters. The van der Waals surface area contributed by atoms with Crippen LogP contribution in [0.1, 0.15) is 5.56 Å². The molecule has 3 heteroatoms. The average molecular weight is 683 g/mol. The molecule has 8 aromatic carbocycles. The normalized spacial score (nSPS) is 11.6. The van der Waals surface area contributed by atoms with Crippen LogP contribution in [0.5, 0.6) is 0 Å². The van der Waals surface area contributed by atoms with Crippen molar-refractivity contribution in [2.45, 2.75) is 6.92 Å². The largest absolute Gasteiger partial charge is 0.310 e. The summed E-state index contributed by atoms with van der Waals surface area (Å²) in [4.78, 5) is 2.37. The molecule has 9 rings (SSSR count). The van der Waals surface area contributed by atoms with E-state index in [0.717, 1.165) is 22.7 Å². The molecule has 1 aromatic heterocycles. The highest BCUT2D eigenvalue weighted by atomic mass is 28.3. The third-order valence-corrected chi connectivity index (χ3v) is 15.2. The number of aromatic nitrogens is 1. The Morgan fingerprint density at radius 3 is 1.33 bits per heavy atom. The van der Waals surface area contributed by atoms with Crippen molar-refractivity contribution >= 4 is 67.7 Å². The lowest BCUT2D eigenvalue weighted by atomic mass is 10.1. The van der Waals surface area contributed by atoms with Gasteiger partial charge in [0.15, 0.2) is 8.07 Å². The standard InChI is InChI=1S/C49H38N2Si/c1-37-27-29-40(30-28-37)50(38-17-7-2-8-18-38)41-31-33-48-46(35-41)47-36-45(32-34-49(47)51(48)39-19-9-3-10-20-39)52(42-21-11-4-12-22-42,43-23-13-5-14-24-43)44-25-15-6-16-26-44/h2-36H,1H3. The molecule has 0 fully saturated rings. The van der Waals surface area contributed by atoms with Gasteiger partial charge in [-0.3, -0.25) is 0 Å². The summed E-state index contributed by atoms with van der Waals surface area (Å²) in [5.41, 5.74) is 8.16. The van der Waals surface area contributed by atoms with Gasteiger partial charge in [-0.05, 0) is 88.3 Å². The minimum atomic E-state index is -2.74. The minimum absolute atomic E-state index is 1.12. The van der Waals surface area contributed by atoms with Gasteiger partial charge < -0.3 is 9.47 Å². The Morgan fingerprint density at radius 2 is 0.788 bits per heavy atom. The maximum absolute atomic E-state index is 2.74. The summed E-state index contributed by atoms with van der Waals surface area (Å²) in [6, 6.07) is 78.1. The summed E-state index contributed by atoms with van der Waals surface area (Å²) in [5.74, 6) is 0. The minimum Gasteiger partial charge on any atom is -0.310 e. The van der Waals surface area contributed by atoms with Crippen molar-refractivity contribution in [1.29, 1.82) is 0 Å². The van der Waals surface area contributed by atoms with E-state index in [1.807, 2.05) is 0 Å². The van der Waals surface area contributed by atoms with Gasteiger partial charge >= 0.3 is 0 Å². The number of hydrogen-bond donors (Lipinski definition) is 0. The highest BCUT2D eigenvalue weighted by Crippen LogP contribution is 2.39. The predicted molar refractivity (Wildman–Crippen MR) is 224 cm³/mol. The summed E-state index contributed by atoms with van der Waals surface area (Å²) >= 11 is 0. The fraction of sp³-hybridized carbons (Fsp3) is 0.0204. The molecule has 0 aliphatic heterocycles. The number of aryl methyl sites for hydroxylation is 1. The average Bonchev–Trinajstić information content (AvgIpc) is 3.54. The molecule has 1 heterocycles. The first kappa shape index (κ1) is 31.6. The predicted octanol–water partition coefficient (Wildman–Crippen LogP) is 9.94. The highest BCUT2D eigenvalue weighted by molar-refractivity contribution is 7.20. The zero-order valence-corrected chi connectivity index (χ0v) is 30.1. The molecule has 0 saturated carbocycles. The maximum atomic E-state index is 2.51. The monoisotopic (exact) mass is 682 g/mol. The van der Waals surface area contributed by atoms with Crippen LogP contribution in [0, 0.1) is 6.92 Å². The summed E-state index contributed by atoms with van der Waals surface area (Å²) in [6.07, 6.45) is 0. The number of nitrogens with zero attached hydrogens (tertiary/aromatic N) is 2. The van der Waals surface area contributed by atoms with Gasteiger partial charge in [0.25, 0.3) is 0 Å². The zero-order chi connectivity index (χ0) is 34.9. The lowest BCUT2D eigenvalue weighted by Crippen LogP contribution is -2.74. The van der Waals surface area contributed by atoms with Crippen LogP contribution in [0.2, 0.25) is 0 Å². The number of anilines is 3. The quantitative estimate of drug-likeness (QED) is 0.114. The molecule has 0 aliphatic carbocycles. The van der Waals surface area contributed by atoms with Crippen molar-refractivity contribution in [1.82, 2.24) is 4.57 Å². The van der Waals surface area contributed by atoms with Crippen molar-refractivity contribution in [2.24, 2.45) is 0 Å². The summed E-state index contributed by atoms with van der Waals surface area (Å²) < 4.78 is 2.42. The number of rotatable bonds is 8. The molecule has 0 radical (unpaired) electrons. The topological polar surface area (TPSA) is 8.17 Å². The van der Waals surface area contributed by atoms with Gasteiger partial charge in [-0.2, -0.15) is 0 Å². The van der Waals surface area contributed by atoms with Crippen LogP contribution in [-0.4, -0.2) is 12.6 Å². The molecular weight excluding hydrogens is 645 g/mol. The van der Waals surface area contributed by atoms with Gasteiger partial charge in [-0.15, -0.1) is 0 Å². The molecular formula is C49H38N2Si. The van der Waals surface area contributed by atoms with E-state index in [2.05, 4.69) is 229 Å². The van der Waals surface area contributed by atoms with Crippen LogP contribution in [-0.2, 0) is 0 Å². The SMILES string of the molecule is Cc1ccc(N(c2ccccc2)c2ccc3c(c2)c2cc([Si](c4ccccc4)(c4ccccc4)c4ccccc4)ccc2n3-c2ccccc2)cc1. The summed E-state index contributed by atoms with van der Waals surface area (Å²) in [6.45, 7) is 2.14. The molecule has 2 nitrogen and oxygen atoms in total. The molecule has 0 saturated heterocycles. The van der Waals surface area contributed by atoms with Crippen LogP contribution in [0.15, 0.2) is 212 Å². The van der Waals surface area contributed by atoms with E-state index < -0.39 is 8.07 Å². The van der Waals surface area contributed by atoms with Gasteiger partial charge in [0.2, 0.25) is 0 Å². The molecule has 0 aliphatic rings. The van der Waals surface area contributed by atoms with Gasteiger partial charge in [0, 0.05) is 33.5 Å². The van der Waals surface area contributed by atoms with Gasteiger partial charge in [-0.25, -0.2) is 0 Å². The molecule has 0 spiro atoms.